The van der Waals surface area contributed by atoms with Crippen molar-refractivity contribution in [2.24, 2.45) is 5.92 Å². The monoisotopic (exact) mass is 317 g/mol. The van der Waals surface area contributed by atoms with Gasteiger partial charge < -0.3 is 10.1 Å². The SMILES string of the molecule is CNC(CCC1CCCCO1)C1CCCC(S(C)(=O)=O)C1. The van der Waals surface area contributed by atoms with Gasteiger partial charge in [0.05, 0.1) is 11.4 Å². The zero-order valence-electron chi connectivity index (χ0n) is 13.5. The molecular weight excluding hydrogens is 286 g/mol. The van der Waals surface area contributed by atoms with E-state index in [1.165, 1.54) is 25.5 Å². The minimum Gasteiger partial charge on any atom is -0.378 e. The van der Waals surface area contributed by atoms with Crippen LogP contribution in [0.15, 0.2) is 0 Å². The van der Waals surface area contributed by atoms with Crippen LogP contribution in [0.2, 0.25) is 0 Å². The van der Waals surface area contributed by atoms with E-state index in [9.17, 15) is 8.42 Å². The molecule has 0 amide bonds. The molecule has 0 bridgehead atoms. The van der Waals surface area contributed by atoms with Gasteiger partial charge in [0.15, 0.2) is 0 Å². The van der Waals surface area contributed by atoms with Crippen molar-refractivity contribution in [3.63, 3.8) is 0 Å². The first-order chi connectivity index (χ1) is 10.0. The number of ether oxygens (including phenoxy) is 1. The highest BCUT2D eigenvalue weighted by molar-refractivity contribution is 7.91. The third-order valence-corrected chi connectivity index (χ3v) is 6.92. The zero-order valence-corrected chi connectivity index (χ0v) is 14.3. The lowest BCUT2D eigenvalue weighted by molar-refractivity contribution is 0.00724. The molecule has 1 aliphatic carbocycles. The molecule has 1 heterocycles. The van der Waals surface area contributed by atoms with Crippen molar-refractivity contribution >= 4 is 9.84 Å². The fourth-order valence-corrected chi connectivity index (χ4v) is 5.14. The van der Waals surface area contributed by atoms with Crippen molar-refractivity contribution < 1.29 is 13.2 Å². The second kappa shape index (κ2) is 7.93. The third-order valence-electron chi connectivity index (χ3n) is 5.29. The molecule has 0 spiro atoms. The number of hydrogen-bond acceptors (Lipinski definition) is 4. The second-order valence-corrected chi connectivity index (χ2v) is 9.17. The summed E-state index contributed by atoms with van der Waals surface area (Å²) in [6.45, 7) is 0.911. The van der Waals surface area contributed by atoms with Crippen molar-refractivity contribution in [3.8, 4) is 0 Å². The summed E-state index contributed by atoms with van der Waals surface area (Å²) in [7, 11) is -0.878. The molecule has 4 atom stereocenters. The van der Waals surface area contributed by atoms with Gasteiger partial charge >= 0.3 is 0 Å². The van der Waals surface area contributed by atoms with E-state index in [0.29, 0.717) is 18.1 Å². The first-order valence-electron chi connectivity index (χ1n) is 8.48. The minimum atomic E-state index is -2.89. The molecule has 21 heavy (non-hydrogen) atoms. The van der Waals surface area contributed by atoms with E-state index in [-0.39, 0.29) is 5.25 Å². The molecule has 1 aliphatic heterocycles. The lowest BCUT2D eigenvalue weighted by Gasteiger charge is -2.34. The van der Waals surface area contributed by atoms with Crippen LogP contribution < -0.4 is 5.32 Å². The van der Waals surface area contributed by atoms with Crippen LogP contribution in [0.4, 0.5) is 0 Å². The van der Waals surface area contributed by atoms with Crippen molar-refractivity contribution in [3.05, 3.63) is 0 Å². The van der Waals surface area contributed by atoms with E-state index in [1.807, 2.05) is 7.05 Å². The van der Waals surface area contributed by atoms with Gasteiger partial charge in [-0.25, -0.2) is 8.42 Å². The van der Waals surface area contributed by atoms with Gasteiger partial charge in [0.2, 0.25) is 0 Å². The highest BCUT2D eigenvalue weighted by Gasteiger charge is 2.32. The van der Waals surface area contributed by atoms with Gasteiger partial charge in [0.1, 0.15) is 9.84 Å². The molecule has 2 fully saturated rings. The summed E-state index contributed by atoms with van der Waals surface area (Å²) in [5.41, 5.74) is 0. The predicted octanol–water partition coefficient (Wildman–Crippen LogP) is 2.53. The van der Waals surface area contributed by atoms with Crippen LogP contribution in [0.1, 0.15) is 57.8 Å². The average molecular weight is 317 g/mol. The fraction of sp³-hybridized carbons (Fsp3) is 1.00. The van der Waals surface area contributed by atoms with Crippen molar-refractivity contribution in [2.45, 2.75) is 75.2 Å². The van der Waals surface area contributed by atoms with E-state index in [1.54, 1.807) is 0 Å². The maximum Gasteiger partial charge on any atom is 0.150 e. The average Bonchev–Trinajstić information content (AvgIpc) is 2.48. The Kier molecular flexibility index (Phi) is 6.51. The largest absolute Gasteiger partial charge is 0.378 e. The van der Waals surface area contributed by atoms with Gasteiger partial charge in [-0.1, -0.05) is 6.42 Å². The molecule has 4 unspecified atom stereocenters. The molecular formula is C16H31NO3S. The highest BCUT2D eigenvalue weighted by atomic mass is 32.2. The number of nitrogens with one attached hydrogen (secondary N) is 1. The van der Waals surface area contributed by atoms with E-state index in [2.05, 4.69) is 5.32 Å². The van der Waals surface area contributed by atoms with E-state index < -0.39 is 9.84 Å². The van der Waals surface area contributed by atoms with Gasteiger partial charge in [-0.15, -0.1) is 0 Å². The van der Waals surface area contributed by atoms with Gasteiger partial charge in [-0.05, 0) is 64.3 Å². The van der Waals surface area contributed by atoms with E-state index in [0.717, 1.165) is 45.1 Å². The zero-order chi connectivity index (χ0) is 15.3. The topological polar surface area (TPSA) is 55.4 Å². The molecule has 2 aliphatic rings. The maximum atomic E-state index is 11.8. The Balaban J connectivity index is 1.84. The van der Waals surface area contributed by atoms with Crippen molar-refractivity contribution in [1.29, 1.82) is 0 Å². The van der Waals surface area contributed by atoms with E-state index >= 15 is 0 Å². The molecule has 4 nitrogen and oxygen atoms in total. The van der Waals surface area contributed by atoms with Crippen molar-refractivity contribution in [2.75, 3.05) is 19.9 Å². The summed E-state index contributed by atoms with van der Waals surface area (Å²) in [6.07, 6.45) is 11.6. The molecule has 0 aromatic heterocycles. The summed E-state index contributed by atoms with van der Waals surface area (Å²) in [6, 6.07) is 0.431. The molecule has 0 aromatic carbocycles. The van der Waals surface area contributed by atoms with Gasteiger partial charge in [-0.2, -0.15) is 0 Å². The molecule has 1 saturated heterocycles. The molecule has 0 radical (unpaired) electrons. The molecule has 5 heteroatoms. The smallest absolute Gasteiger partial charge is 0.150 e. The van der Waals surface area contributed by atoms with Crippen LogP contribution in [0, 0.1) is 5.92 Å². The molecule has 2 rings (SSSR count). The van der Waals surface area contributed by atoms with Gasteiger partial charge in [-0.3, -0.25) is 0 Å². The quantitative estimate of drug-likeness (QED) is 0.818. The second-order valence-electron chi connectivity index (χ2n) is 6.84. The summed E-state index contributed by atoms with van der Waals surface area (Å²) in [4.78, 5) is 0. The molecule has 124 valence electrons. The summed E-state index contributed by atoms with van der Waals surface area (Å²) >= 11 is 0. The first-order valence-corrected chi connectivity index (χ1v) is 10.4. The number of rotatable bonds is 6. The van der Waals surface area contributed by atoms with Crippen LogP contribution >= 0.6 is 0 Å². The Bertz CT molecular complexity index is 404. The van der Waals surface area contributed by atoms with Crippen molar-refractivity contribution in [1.82, 2.24) is 5.32 Å². The highest BCUT2D eigenvalue weighted by Crippen LogP contribution is 2.32. The summed E-state index contributed by atoms with van der Waals surface area (Å²) in [5.74, 6) is 0.493. The van der Waals surface area contributed by atoms with Gasteiger partial charge in [0, 0.05) is 18.9 Å². The molecule has 1 saturated carbocycles. The third kappa shape index (κ3) is 5.22. The fourth-order valence-electron chi connectivity index (χ4n) is 3.95. The Hall–Kier alpha value is -0.130. The lowest BCUT2D eigenvalue weighted by atomic mass is 9.81. The van der Waals surface area contributed by atoms with Crippen LogP contribution in [0.25, 0.3) is 0 Å². The van der Waals surface area contributed by atoms with Crippen LogP contribution in [0.5, 0.6) is 0 Å². The molecule has 1 N–H and O–H groups in total. The minimum absolute atomic E-state index is 0.127. The Labute approximate surface area is 129 Å². The summed E-state index contributed by atoms with van der Waals surface area (Å²) < 4.78 is 29.4. The van der Waals surface area contributed by atoms with Gasteiger partial charge in [0.25, 0.3) is 0 Å². The maximum absolute atomic E-state index is 11.8. The number of hydrogen-bond donors (Lipinski definition) is 1. The lowest BCUT2D eigenvalue weighted by Crippen LogP contribution is -2.40. The Morgan fingerprint density at radius 3 is 2.62 bits per heavy atom. The Morgan fingerprint density at radius 1 is 1.19 bits per heavy atom. The van der Waals surface area contributed by atoms with Crippen LogP contribution in [-0.4, -0.2) is 45.7 Å². The Morgan fingerprint density at radius 2 is 2.00 bits per heavy atom. The summed E-state index contributed by atoms with van der Waals surface area (Å²) in [5, 5.41) is 3.31. The first kappa shape index (κ1) is 17.2. The van der Waals surface area contributed by atoms with E-state index in [4.69, 9.17) is 4.74 Å². The standard InChI is InChI=1S/C16H31NO3S/c1-17-16(10-9-14-7-3-4-11-20-14)13-6-5-8-15(12-13)21(2,18)19/h13-17H,3-12H2,1-2H3. The van der Waals surface area contributed by atoms with Crippen LogP contribution in [0.3, 0.4) is 0 Å². The van der Waals surface area contributed by atoms with Crippen LogP contribution in [-0.2, 0) is 14.6 Å². The molecule has 0 aromatic rings. The normalized spacial score (nSPS) is 32.8. The predicted molar refractivity (Wildman–Crippen MR) is 86.3 cm³/mol. The number of sulfone groups is 1.